The zero-order valence-electron chi connectivity index (χ0n) is 16.9. The lowest BCUT2D eigenvalue weighted by atomic mass is 10.2. The van der Waals surface area contributed by atoms with Crippen LogP contribution < -0.4 is 11.1 Å². The number of hydrogen-bond donors (Lipinski definition) is 2. The molecule has 30 heavy (non-hydrogen) atoms. The first-order chi connectivity index (χ1) is 14.4. The number of nitrogen functional groups attached to an aromatic ring is 1. The van der Waals surface area contributed by atoms with Gasteiger partial charge in [0.2, 0.25) is 21.9 Å². The molecule has 1 fully saturated rings. The average molecular weight is 455 g/mol. The van der Waals surface area contributed by atoms with Gasteiger partial charge in [-0.05, 0) is 36.4 Å². The van der Waals surface area contributed by atoms with E-state index in [4.69, 9.17) is 10.5 Å². The molecule has 1 aliphatic rings. The van der Waals surface area contributed by atoms with Crippen LogP contribution in [0.4, 0.5) is 11.6 Å². The fraction of sp³-hybridized carbons (Fsp3) is 0.500. The number of sulfonamides is 1. The maximum atomic E-state index is 12.9. The van der Waals surface area contributed by atoms with Crippen molar-refractivity contribution in [1.82, 2.24) is 19.1 Å². The highest BCUT2D eigenvalue weighted by atomic mass is 32.2. The summed E-state index contributed by atoms with van der Waals surface area (Å²) in [6, 6.07) is 5.56. The van der Waals surface area contributed by atoms with E-state index in [1.165, 1.54) is 28.2 Å². The Kier molecular flexibility index (Phi) is 7.34. The Morgan fingerprint density at radius 3 is 2.50 bits per heavy atom. The summed E-state index contributed by atoms with van der Waals surface area (Å²) in [5.41, 5.74) is 6.43. The first-order valence-electron chi connectivity index (χ1n) is 9.70. The third kappa shape index (κ3) is 4.77. The lowest BCUT2D eigenvalue weighted by Gasteiger charge is -2.26. The van der Waals surface area contributed by atoms with Gasteiger partial charge >= 0.3 is 0 Å². The van der Waals surface area contributed by atoms with Crippen LogP contribution in [-0.2, 0) is 19.6 Å². The van der Waals surface area contributed by atoms with Crippen molar-refractivity contribution in [3.63, 3.8) is 0 Å². The number of ether oxygens (including phenoxy) is 1. The van der Waals surface area contributed by atoms with Crippen molar-refractivity contribution in [2.45, 2.75) is 36.4 Å². The van der Waals surface area contributed by atoms with E-state index in [0.717, 1.165) is 5.75 Å². The summed E-state index contributed by atoms with van der Waals surface area (Å²) < 4.78 is 33.7. The van der Waals surface area contributed by atoms with Crippen LogP contribution in [0.25, 0.3) is 0 Å². The summed E-state index contributed by atoms with van der Waals surface area (Å²) in [6.07, 6.45) is 0.495. The first-order valence-corrected chi connectivity index (χ1v) is 12.1. The molecule has 10 nitrogen and oxygen atoms in total. The maximum absolute atomic E-state index is 12.9. The van der Waals surface area contributed by atoms with Crippen LogP contribution in [0.1, 0.15) is 26.3 Å². The number of thioether (sulfide) groups is 1. The van der Waals surface area contributed by atoms with Crippen LogP contribution in [0.5, 0.6) is 0 Å². The summed E-state index contributed by atoms with van der Waals surface area (Å²) in [5, 5.41) is 11.3. The lowest BCUT2D eigenvalue weighted by Crippen LogP contribution is -2.40. The van der Waals surface area contributed by atoms with Crippen LogP contribution in [0.3, 0.4) is 0 Å². The number of benzene rings is 1. The third-order valence-electron chi connectivity index (χ3n) is 4.70. The van der Waals surface area contributed by atoms with E-state index in [-0.39, 0.29) is 16.8 Å². The molecule has 1 unspecified atom stereocenters. The number of nitrogens with two attached hydrogens (primary N) is 1. The zero-order chi connectivity index (χ0) is 21.7. The minimum absolute atomic E-state index is 0.180. The number of nitrogens with zero attached hydrogens (tertiary/aromatic N) is 4. The number of morpholine rings is 1. The number of amides is 1. The number of carbonyl (C=O) groups excluding carboxylic acids is 1. The predicted molar refractivity (Wildman–Crippen MR) is 115 cm³/mol. The first kappa shape index (κ1) is 22.5. The Labute approximate surface area is 180 Å². The zero-order valence-corrected chi connectivity index (χ0v) is 18.6. The number of nitrogens with one attached hydrogen (secondary N) is 1. The van der Waals surface area contributed by atoms with Crippen molar-refractivity contribution < 1.29 is 17.9 Å². The third-order valence-corrected chi connectivity index (χ3v) is 7.43. The van der Waals surface area contributed by atoms with Gasteiger partial charge in [0.05, 0.1) is 18.1 Å². The fourth-order valence-electron chi connectivity index (χ4n) is 3.17. The monoisotopic (exact) mass is 454 g/mol. The van der Waals surface area contributed by atoms with Crippen LogP contribution in [-0.4, -0.2) is 65.5 Å². The molecule has 2 aromatic rings. The standard InChI is InChI=1S/C18H26N6O4S2/c1-3-15(24-17(19)21-22-18(24)29-4-2)16(25)20-13-5-7-14(8-6-13)30(26,27)23-9-11-28-12-10-23/h5-8,15H,3-4,9-12H2,1-2H3,(H2,19,21)(H,20,25). The molecule has 3 rings (SSSR count). The molecule has 0 aliphatic carbocycles. The molecular weight excluding hydrogens is 428 g/mol. The molecule has 12 heteroatoms. The molecule has 0 radical (unpaired) electrons. The van der Waals surface area contributed by atoms with E-state index < -0.39 is 16.1 Å². The second kappa shape index (κ2) is 9.77. The van der Waals surface area contributed by atoms with Crippen molar-refractivity contribution in [3.05, 3.63) is 24.3 Å². The van der Waals surface area contributed by atoms with Crippen molar-refractivity contribution in [3.8, 4) is 0 Å². The van der Waals surface area contributed by atoms with E-state index in [9.17, 15) is 13.2 Å². The molecule has 2 heterocycles. The summed E-state index contributed by atoms with van der Waals surface area (Å²) in [6.45, 7) is 5.29. The molecule has 0 spiro atoms. The normalized spacial score (nSPS) is 16.3. The van der Waals surface area contributed by atoms with Gasteiger partial charge in [-0.25, -0.2) is 8.42 Å². The second-order valence-corrected chi connectivity index (χ2v) is 9.77. The van der Waals surface area contributed by atoms with Crippen LogP contribution in [0.2, 0.25) is 0 Å². The largest absolute Gasteiger partial charge is 0.379 e. The molecule has 1 aliphatic heterocycles. The quantitative estimate of drug-likeness (QED) is 0.575. The van der Waals surface area contributed by atoms with E-state index in [2.05, 4.69) is 15.5 Å². The molecular formula is C18H26N6O4S2. The Hall–Kier alpha value is -2.15. The van der Waals surface area contributed by atoms with Crippen molar-refractivity contribution in [2.75, 3.05) is 43.1 Å². The maximum Gasteiger partial charge on any atom is 0.247 e. The van der Waals surface area contributed by atoms with E-state index in [1.807, 2.05) is 13.8 Å². The molecule has 3 N–H and O–H groups in total. The van der Waals surface area contributed by atoms with E-state index in [1.54, 1.807) is 16.7 Å². The minimum atomic E-state index is -3.58. The van der Waals surface area contributed by atoms with Crippen LogP contribution in [0, 0.1) is 0 Å². The summed E-state index contributed by atoms with van der Waals surface area (Å²) in [7, 11) is -3.58. The van der Waals surface area contributed by atoms with Gasteiger partial charge < -0.3 is 15.8 Å². The van der Waals surface area contributed by atoms with Gasteiger partial charge in [-0.2, -0.15) is 4.31 Å². The topological polar surface area (TPSA) is 132 Å². The Balaban J connectivity index is 1.74. The van der Waals surface area contributed by atoms with Crippen molar-refractivity contribution in [2.24, 2.45) is 0 Å². The fourth-order valence-corrected chi connectivity index (χ4v) is 5.29. The predicted octanol–water partition coefficient (Wildman–Crippen LogP) is 1.58. The van der Waals surface area contributed by atoms with E-state index in [0.29, 0.717) is 43.6 Å². The SMILES string of the molecule is CCSc1nnc(N)n1C(CC)C(=O)Nc1ccc(S(=O)(=O)N2CCOCC2)cc1. The van der Waals surface area contributed by atoms with Gasteiger partial charge in [0.25, 0.3) is 0 Å². The Bertz CT molecular complexity index is 971. The highest BCUT2D eigenvalue weighted by Gasteiger charge is 2.27. The number of carbonyl (C=O) groups is 1. The van der Waals surface area contributed by atoms with Gasteiger partial charge in [0.1, 0.15) is 6.04 Å². The molecule has 164 valence electrons. The minimum Gasteiger partial charge on any atom is -0.379 e. The molecule has 1 aromatic heterocycles. The van der Waals surface area contributed by atoms with Crippen LogP contribution >= 0.6 is 11.8 Å². The van der Waals surface area contributed by atoms with Crippen molar-refractivity contribution >= 4 is 39.3 Å². The number of aromatic nitrogens is 3. The van der Waals surface area contributed by atoms with Gasteiger partial charge in [-0.15, -0.1) is 10.2 Å². The van der Waals surface area contributed by atoms with Crippen LogP contribution in [0.15, 0.2) is 34.3 Å². The number of anilines is 2. The van der Waals surface area contributed by atoms with Gasteiger partial charge in [-0.3, -0.25) is 9.36 Å². The Morgan fingerprint density at radius 2 is 1.90 bits per heavy atom. The van der Waals surface area contributed by atoms with Gasteiger partial charge in [0.15, 0.2) is 5.16 Å². The molecule has 1 amide bonds. The van der Waals surface area contributed by atoms with Gasteiger partial charge in [0, 0.05) is 18.8 Å². The summed E-state index contributed by atoms with van der Waals surface area (Å²) in [4.78, 5) is 13.1. The van der Waals surface area contributed by atoms with Crippen molar-refractivity contribution in [1.29, 1.82) is 0 Å². The molecule has 1 aromatic carbocycles. The smallest absolute Gasteiger partial charge is 0.247 e. The molecule has 1 atom stereocenters. The van der Waals surface area contributed by atoms with E-state index >= 15 is 0 Å². The second-order valence-electron chi connectivity index (χ2n) is 6.60. The Morgan fingerprint density at radius 1 is 1.23 bits per heavy atom. The molecule has 1 saturated heterocycles. The highest BCUT2D eigenvalue weighted by molar-refractivity contribution is 7.99. The molecule has 0 bridgehead atoms. The lowest BCUT2D eigenvalue weighted by molar-refractivity contribution is -0.119. The highest BCUT2D eigenvalue weighted by Crippen LogP contribution is 2.26. The summed E-state index contributed by atoms with van der Waals surface area (Å²) in [5.74, 6) is 0.681. The summed E-state index contributed by atoms with van der Waals surface area (Å²) >= 11 is 1.46. The number of hydrogen-bond acceptors (Lipinski definition) is 8. The molecule has 0 saturated carbocycles. The average Bonchev–Trinajstić information content (AvgIpc) is 3.10. The number of rotatable bonds is 8. The van der Waals surface area contributed by atoms with Gasteiger partial charge in [-0.1, -0.05) is 25.6 Å².